The van der Waals surface area contributed by atoms with Crippen molar-refractivity contribution >= 4 is 40.8 Å². The summed E-state index contributed by atoms with van der Waals surface area (Å²) in [5.74, 6) is -7.42. The number of carboxylic acid groups (broad SMARTS) is 1. The summed E-state index contributed by atoms with van der Waals surface area (Å²) in [6.07, 6.45) is 4.37. The summed E-state index contributed by atoms with van der Waals surface area (Å²) in [5.41, 5.74) is 12.8. The van der Waals surface area contributed by atoms with Crippen LogP contribution in [0.1, 0.15) is 115 Å². The maximum atomic E-state index is 13.3. The molecule has 1 fully saturated rings. The summed E-state index contributed by atoms with van der Waals surface area (Å²) in [6.45, 7) is 7.00. The molecule has 17 unspecified atom stereocenters. The number of hydrogen-bond acceptors (Lipinski definition) is 19. The van der Waals surface area contributed by atoms with E-state index >= 15 is 0 Å². The summed E-state index contributed by atoms with van der Waals surface area (Å²) in [4.78, 5) is 77.3. The molecule has 1 aromatic carbocycles. The molecule has 2 aliphatic heterocycles. The van der Waals surface area contributed by atoms with E-state index in [1.54, 1.807) is 98.0 Å². The normalized spacial score (nSPS) is 31.9. The van der Waals surface area contributed by atoms with Crippen molar-refractivity contribution < 1.29 is 88.9 Å². The van der Waals surface area contributed by atoms with Crippen molar-refractivity contribution in [3.8, 4) is 0 Å². The molecule has 3 rings (SSSR count). The van der Waals surface area contributed by atoms with Gasteiger partial charge in [-0.1, -0.05) is 106 Å². The Balaban J connectivity index is 1.83. The van der Waals surface area contributed by atoms with E-state index in [0.717, 1.165) is 0 Å². The van der Waals surface area contributed by atoms with Crippen LogP contribution < -0.4 is 11.5 Å². The Morgan fingerprint density at radius 1 is 0.684 bits per heavy atom. The molecule has 438 valence electrons. The summed E-state index contributed by atoms with van der Waals surface area (Å²) < 4.78 is 17.6. The van der Waals surface area contributed by atoms with Gasteiger partial charge >= 0.3 is 11.9 Å². The van der Waals surface area contributed by atoms with Crippen LogP contribution >= 0.6 is 0 Å². The van der Waals surface area contributed by atoms with Gasteiger partial charge in [0.1, 0.15) is 48.0 Å². The van der Waals surface area contributed by atoms with Gasteiger partial charge in [-0.15, -0.1) is 0 Å². The van der Waals surface area contributed by atoms with Crippen molar-refractivity contribution in [3.63, 3.8) is 0 Å². The van der Waals surface area contributed by atoms with Gasteiger partial charge in [-0.25, -0.2) is 0 Å². The van der Waals surface area contributed by atoms with Crippen LogP contribution in [0.3, 0.4) is 0 Å². The van der Waals surface area contributed by atoms with Gasteiger partial charge in [0.2, 0.25) is 0 Å². The fraction of sp³-hybridized carbons (Fsp3) is 0.559. The average molecular weight is 1110 g/mol. The van der Waals surface area contributed by atoms with Gasteiger partial charge in [-0.05, 0) is 68.7 Å². The first-order chi connectivity index (χ1) is 37.4. The maximum absolute atomic E-state index is 13.3. The molecule has 17 atom stereocenters. The molecule has 0 aliphatic carbocycles. The lowest BCUT2D eigenvalue weighted by molar-refractivity contribution is -0.265. The third kappa shape index (κ3) is 25.2. The number of anilines is 1. The molecule has 20 nitrogen and oxygen atoms in total. The van der Waals surface area contributed by atoms with E-state index < -0.39 is 153 Å². The van der Waals surface area contributed by atoms with Crippen LogP contribution in [-0.4, -0.2) is 161 Å². The number of Topliss-reactive ketones (excluding diaryl/α,β-unsaturated/α-hetero) is 4. The molecule has 0 radical (unpaired) electrons. The number of hydrogen-bond donors (Lipinski definition) is 11. The van der Waals surface area contributed by atoms with E-state index in [2.05, 4.69) is 0 Å². The number of nitrogens with two attached hydrogens (primary N) is 2. The van der Waals surface area contributed by atoms with E-state index in [4.69, 9.17) is 25.7 Å². The van der Waals surface area contributed by atoms with Gasteiger partial charge in [0.25, 0.3) is 0 Å². The lowest BCUT2D eigenvalue weighted by Crippen LogP contribution is -2.61. The van der Waals surface area contributed by atoms with Crippen molar-refractivity contribution in [2.24, 2.45) is 29.4 Å². The minimum absolute atomic E-state index is 0.0619. The number of carboxylic acids is 1. The van der Waals surface area contributed by atoms with Gasteiger partial charge in [-0.2, -0.15) is 0 Å². The van der Waals surface area contributed by atoms with E-state index in [9.17, 15) is 74.7 Å². The molecular weight excluding hydrogens is 1020 g/mol. The monoisotopic (exact) mass is 1110 g/mol. The lowest BCUT2D eigenvalue weighted by atomic mass is 9.83. The smallest absolute Gasteiger partial charge is 0.313 e. The van der Waals surface area contributed by atoms with Gasteiger partial charge in [0.05, 0.1) is 54.9 Å². The number of aliphatic carboxylic acids is 1. The second-order valence-electron chi connectivity index (χ2n) is 20.9. The van der Waals surface area contributed by atoms with Crippen LogP contribution in [0.15, 0.2) is 109 Å². The quantitative estimate of drug-likeness (QED) is 0.0690. The van der Waals surface area contributed by atoms with Crippen LogP contribution in [0, 0.1) is 23.7 Å². The molecule has 1 saturated heterocycles. The first-order valence-corrected chi connectivity index (χ1v) is 26.9. The van der Waals surface area contributed by atoms with Crippen LogP contribution in [0.4, 0.5) is 5.69 Å². The number of aliphatic hydroxyl groups excluding tert-OH is 8. The van der Waals surface area contributed by atoms with Crippen LogP contribution in [-0.2, 0) is 38.2 Å². The Labute approximate surface area is 462 Å². The number of nitrogen functional groups attached to an aromatic ring is 1. The van der Waals surface area contributed by atoms with Crippen molar-refractivity contribution in [2.45, 2.75) is 184 Å². The van der Waals surface area contributed by atoms with Crippen molar-refractivity contribution in [2.75, 3.05) is 5.73 Å². The molecule has 0 amide bonds. The molecule has 2 aliphatic rings. The highest BCUT2D eigenvalue weighted by Crippen LogP contribution is 2.29. The number of benzene rings is 1. The third-order valence-electron chi connectivity index (χ3n) is 13.8. The highest BCUT2D eigenvalue weighted by atomic mass is 16.7. The van der Waals surface area contributed by atoms with Crippen LogP contribution in [0.2, 0.25) is 0 Å². The fourth-order valence-corrected chi connectivity index (χ4v) is 9.36. The molecule has 79 heavy (non-hydrogen) atoms. The van der Waals surface area contributed by atoms with E-state index in [1.165, 1.54) is 19.1 Å². The zero-order valence-electron chi connectivity index (χ0n) is 45.5. The summed E-state index contributed by atoms with van der Waals surface area (Å²) in [5, 5.41) is 95.8. The molecule has 0 aromatic heterocycles. The molecule has 2 heterocycles. The van der Waals surface area contributed by atoms with Crippen molar-refractivity contribution in [3.05, 3.63) is 115 Å². The second-order valence-corrected chi connectivity index (χ2v) is 20.9. The number of rotatable bonds is 10. The SMILES string of the molecule is CC1C=CC=CC=CC=CC=CC=CC=CC(OC2OC(C)C(O)C(O)C2N)CC(O)C(C(=O)O)C(O)CC(=O)CC(O)CC(O)CC(O)CC(=O)CCCC(=O)CC(=O)OC1C(C)CC(C)C(O)CC(=O)c1ccc(N)cc1. The Hall–Kier alpha value is -5.62. The highest BCUT2D eigenvalue weighted by molar-refractivity contribution is 5.97. The van der Waals surface area contributed by atoms with E-state index in [0.29, 0.717) is 17.7 Å². The number of ether oxygens (including phenoxy) is 3. The average Bonchev–Trinajstić information content (AvgIpc) is 3.36. The molecule has 13 N–H and O–H groups in total. The maximum Gasteiger partial charge on any atom is 0.313 e. The summed E-state index contributed by atoms with van der Waals surface area (Å²) >= 11 is 0. The van der Waals surface area contributed by atoms with Gasteiger partial charge in [0.15, 0.2) is 12.1 Å². The first-order valence-electron chi connectivity index (χ1n) is 26.9. The number of ketones is 4. The summed E-state index contributed by atoms with van der Waals surface area (Å²) in [7, 11) is 0. The number of carbonyl (C=O) groups excluding carboxylic acids is 5. The van der Waals surface area contributed by atoms with Crippen LogP contribution in [0.5, 0.6) is 0 Å². The third-order valence-corrected chi connectivity index (χ3v) is 13.8. The molecule has 1 aromatic rings. The minimum Gasteiger partial charge on any atom is -0.481 e. The molecule has 0 bridgehead atoms. The number of esters is 1. The Morgan fingerprint density at radius 2 is 1.22 bits per heavy atom. The molecule has 20 heteroatoms. The van der Waals surface area contributed by atoms with E-state index in [1.807, 2.05) is 19.9 Å². The summed E-state index contributed by atoms with van der Waals surface area (Å²) in [6, 6.07) is 5.16. The Bertz CT molecular complexity index is 2310. The lowest BCUT2D eigenvalue weighted by Gasteiger charge is -2.41. The standard InChI is InChI=1S/C59H84N2O18/c1-35-18-15-13-11-9-7-5-6-8-10-12-14-16-21-47(78-59-54(61)56(74)55(73)38(4)77-59)33-51(71)53(58(75)76)50(70)31-46(67)30-45(66)29-44(65)28-43(64)27-41(62)19-17-20-42(63)32-52(72)79-57(35)37(3)26-36(2)48(68)34-49(69)39-22-24-40(60)25-23-39/h5-16,18,21-25,35-38,43-45,47-48,50-51,53-57,59,64-66,68,70-71,73-74H,17,19-20,26-34,60-61H2,1-4H3,(H,75,76). The molecule has 0 saturated carbocycles. The number of aliphatic hydroxyl groups is 8. The fourth-order valence-electron chi connectivity index (χ4n) is 9.36. The second kappa shape index (κ2) is 35.2. The number of carbonyl (C=O) groups is 6. The zero-order valence-corrected chi connectivity index (χ0v) is 45.5. The number of cyclic esters (lactones) is 1. The Kier molecular flexibility index (Phi) is 30.1. The van der Waals surface area contributed by atoms with Crippen molar-refractivity contribution in [1.29, 1.82) is 0 Å². The topological polar surface area (TPSA) is 364 Å². The van der Waals surface area contributed by atoms with Gasteiger partial charge < -0.3 is 71.6 Å². The minimum atomic E-state index is -1.95. The van der Waals surface area contributed by atoms with Gasteiger partial charge in [0, 0.05) is 62.1 Å². The predicted octanol–water partition coefficient (Wildman–Crippen LogP) is 3.61. The zero-order chi connectivity index (χ0) is 58.8. The van der Waals surface area contributed by atoms with Gasteiger partial charge in [-0.3, -0.25) is 28.8 Å². The number of allylic oxidation sites excluding steroid dienone is 12. The molecular formula is C59H84N2O18. The first kappa shape index (κ1) is 67.7. The Morgan fingerprint density at radius 3 is 1.78 bits per heavy atom. The largest absolute Gasteiger partial charge is 0.481 e. The predicted molar refractivity (Wildman–Crippen MR) is 293 cm³/mol. The highest BCUT2D eigenvalue weighted by Gasteiger charge is 2.43. The van der Waals surface area contributed by atoms with E-state index in [-0.39, 0.29) is 55.6 Å². The van der Waals surface area contributed by atoms with Crippen LogP contribution in [0.25, 0.3) is 0 Å². The molecule has 0 spiro atoms. The van der Waals surface area contributed by atoms with Crippen molar-refractivity contribution in [1.82, 2.24) is 0 Å².